The number of piperazine rings is 1. The number of hydrogen-bond acceptors (Lipinski definition) is 5. The van der Waals surface area contributed by atoms with Crippen molar-refractivity contribution in [1.29, 1.82) is 0 Å². The molecule has 1 aliphatic rings. The van der Waals surface area contributed by atoms with Crippen LogP contribution < -0.4 is 4.90 Å². The Kier molecular flexibility index (Phi) is 5.41. The molecule has 0 atom stereocenters. The van der Waals surface area contributed by atoms with Crippen molar-refractivity contribution in [2.75, 3.05) is 37.7 Å². The molecule has 0 spiro atoms. The first kappa shape index (κ1) is 17.7. The lowest BCUT2D eigenvalue weighted by atomic mass is 10.1. The molecule has 0 saturated carbocycles. The molecular formula is C20H22ClN3OS. The molecule has 0 bridgehead atoms. The summed E-state index contributed by atoms with van der Waals surface area (Å²) < 4.78 is 1.15. The fourth-order valence-corrected chi connectivity index (χ4v) is 4.61. The van der Waals surface area contributed by atoms with Gasteiger partial charge in [-0.15, -0.1) is 0 Å². The highest BCUT2D eigenvalue weighted by Crippen LogP contribution is 2.31. The Balaban J connectivity index is 1.35. The molecular weight excluding hydrogens is 366 g/mol. The van der Waals surface area contributed by atoms with Crippen molar-refractivity contribution in [2.45, 2.75) is 13.0 Å². The van der Waals surface area contributed by atoms with Crippen molar-refractivity contribution in [3.05, 3.63) is 58.6 Å². The quantitative estimate of drug-likeness (QED) is 0.722. The summed E-state index contributed by atoms with van der Waals surface area (Å²) in [6, 6.07) is 14.5. The SMILES string of the molecule is OCCc1ccc(CN2CCN(c3nc4ccc(Cl)cc4s3)CC2)cc1. The van der Waals surface area contributed by atoms with Crippen LogP contribution in [0.25, 0.3) is 10.2 Å². The molecule has 4 rings (SSSR count). The van der Waals surface area contributed by atoms with Crippen LogP contribution in [0.5, 0.6) is 0 Å². The smallest absolute Gasteiger partial charge is 0.186 e. The van der Waals surface area contributed by atoms with E-state index in [2.05, 4.69) is 34.1 Å². The van der Waals surface area contributed by atoms with E-state index in [1.165, 1.54) is 11.1 Å². The second kappa shape index (κ2) is 7.92. The van der Waals surface area contributed by atoms with Gasteiger partial charge in [-0.3, -0.25) is 4.90 Å². The van der Waals surface area contributed by atoms with E-state index in [0.29, 0.717) is 0 Å². The Bertz CT molecular complexity index is 872. The van der Waals surface area contributed by atoms with Gasteiger partial charge in [0.25, 0.3) is 0 Å². The molecule has 0 aliphatic carbocycles. The predicted octanol–water partition coefficient (Wildman–Crippen LogP) is 3.81. The maximum atomic E-state index is 9.00. The summed E-state index contributed by atoms with van der Waals surface area (Å²) in [5.41, 5.74) is 3.55. The van der Waals surface area contributed by atoms with Gasteiger partial charge in [0, 0.05) is 44.4 Å². The number of aromatic nitrogens is 1. The van der Waals surface area contributed by atoms with Gasteiger partial charge in [-0.25, -0.2) is 4.98 Å². The van der Waals surface area contributed by atoms with Crippen molar-refractivity contribution in [3.63, 3.8) is 0 Å². The number of thiazole rings is 1. The summed E-state index contributed by atoms with van der Waals surface area (Å²) in [5, 5.41) is 10.9. The molecule has 0 radical (unpaired) electrons. The molecule has 136 valence electrons. The number of fused-ring (bicyclic) bond motifs is 1. The summed E-state index contributed by atoms with van der Waals surface area (Å²) in [5.74, 6) is 0. The normalized spacial score (nSPS) is 15.7. The van der Waals surface area contributed by atoms with E-state index >= 15 is 0 Å². The van der Waals surface area contributed by atoms with Crippen molar-refractivity contribution in [1.82, 2.24) is 9.88 Å². The van der Waals surface area contributed by atoms with Crippen molar-refractivity contribution < 1.29 is 5.11 Å². The van der Waals surface area contributed by atoms with E-state index in [1.807, 2.05) is 18.2 Å². The van der Waals surface area contributed by atoms with Gasteiger partial charge >= 0.3 is 0 Å². The van der Waals surface area contributed by atoms with Crippen LogP contribution in [0.15, 0.2) is 42.5 Å². The maximum Gasteiger partial charge on any atom is 0.186 e. The highest BCUT2D eigenvalue weighted by Gasteiger charge is 2.20. The van der Waals surface area contributed by atoms with Gasteiger partial charge in [-0.2, -0.15) is 0 Å². The minimum absolute atomic E-state index is 0.208. The van der Waals surface area contributed by atoms with Gasteiger partial charge in [0.1, 0.15) is 0 Å². The molecule has 4 nitrogen and oxygen atoms in total. The molecule has 0 amide bonds. The minimum atomic E-state index is 0.208. The van der Waals surface area contributed by atoms with Crippen LogP contribution in [-0.4, -0.2) is 47.8 Å². The van der Waals surface area contributed by atoms with Crippen LogP contribution in [0.4, 0.5) is 5.13 Å². The van der Waals surface area contributed by atoms with Crippen LogP contribution in [0.3, 0.4) is 0 Å². The Hall–Kier alpha value is -1.66. The van der Waals surface area contributed by atoms with Gasteiger partial charge in [0.2, 0.25) is 0 Å². The summed E-state index contributed by atoms with van der Waals surface area (Å²) in [6.45, 7) is 5.25. The van der Waals surface area contributed by atoms with Crippen LogP contribution in [0.2, 0.25) is 5.02 Å². The number of benzene rings is 2. The third-order valence-electron chi connectivity index (χ3n) is 4.81. The zero-order valence-corrected chi connectivity index (χ0v) is 16.1. The lowest BCUT2D eigenvalue weighted by molar-refractivity contribution is 0.250. The first-order valence-corrected chi connectivity index (χ1v) is 10.1. The monoisotopic (exact) mass is 387 g/mol. The Labute approximate surface area is 162 Å². The van der Waals surface area contributed by atoms with Gasteiger partial charge in [-0.05, 0) is 35.7 Å². The number of aliphatic hydroxyl groups is 1. The topological polar surface area (TPSA) is 39.6 Å². The summed E-state index contributed by atoms with van der Waals surface area (Å²) in [6.07, 6.45) is 0.729. The van der Waals surface area contributed by atoms with Gasteiger partial charge < -0.3 is 10.0 Å². The molecule has 3 aromatic rings. The van der Waals surface area contributed by atoms with Gasteiger partial charge in [0.05, 0.1) is 10.2 Å². The van der Waals surface area contributed by atoms with E-state index in [-0.39, 0.29) is 6.61 Å². The molecule has 6 heteroatoms. The second-order valence-electron chi connectivity index (χ2n) is 6.66. The number of hydrogen-bond donors (Lipinski definition) is 1. The molecule has 2 heterocycles. The molecule has 26 heavy (non-hydrogen) atoms. The fourth-order valence-electron chi connectivity index (χ4n) is 3.32. The molecule has 1 aromatic heterocycles. The number of aliphatic hydroxyl groups excluding tert-OH is 1. The lowest BCUT2D eigenvalue weighted by Crippen LogP contribution is -2.45. The van der Waals surface area contributed by atoms with Gasteiger partial charge in [-0.1, -0.05) is 47.2 Å². The summed E-state index contributed by atoms with van der Waals surface area (Å²) in [4.78, 5) is 9.62. The van der Waals surface area contributed by atoms with E-state index in [4.69, 9.17) is 21.7 Å². The minimum Gasteiger partial charge on any atom is -0.396 e. The number of rotatable bonds is 5. The second-order valence-corrected chi connectivity index (χ2v) is 8.11. The molecule has 1 fully saturated rings. The number of anilines is 1. The van der Waals surface area contributed by atoms with Crippen molar-refractivity contribution in [3.8, 4) is 0 Å². The summed E-state index contributed by atoms with van der Waals surface area (Å²) >= 11 is 7.80. The molecule has 1 N–H and O–H groups in total. The average Bonchev–Trinajstić information content (AvgIpc) is 3.07. The van der Waals surface area contributed by atoms with Crippen LogP contribution in [-0.2, 0) is 13.0 Å². The molecule has 2 aromatic carbocycles. The van der Waals surface area contributed by atoms with Crippen molar-refractivity contribution >= 4 is 38.3 Å². The highest BCUT2D eigenvalue weighted by atomic mass is 35.5. The fraction of sp³-hybridized carbons (Fsp3) is 0.350. The first-order valence-electron chi connectivity index (χ1n) is 8.93. The van der Waals surface area contributed by atoms with Gasteiger partial charge in [0.15, 0.2) is 5.13 Å². The zero-order chi connectivity index (χ0) is 17.9. The highest BCUT2D eigenvalue weighted by molar-refractivity contribution is 7.22. The summed E-state index contributed by atoms with van der Waals surface area (Å²) in [7, 11) is 0. The Morgan fingerprint density at radius 3 is 2.46 bits per heavy atom. The van der Waals surface area contributed by atoms with Crippen LogP contribution in [0.1, 0.15) is 11.1 Å². The van der Waals surface area contributed by atoms with E-state index in [1.54, 1.807) is 11.3 Å². The van der Waals surface area contributed by atoms with Crippen LogP contribution >= 0.6 is 22.9 Å². The first-order chi connectivity index (χ1) is 12.7. The average molecular weight is 388 g/mol. The third kappa shape index (κ3) is 4.01. The van der Waals surface area contributed by atoms with E-state index in [0.717, 1.165) is 59.5 Å². The Morgan fingerprint density at radius 2 is 1.73 bits per heavy atom. The molecule has 0 unspecified atom stereocenters. The Morgan fingerprint density at radius 1 is 1.00 bits per heavy atom. The number of halogens is 1. The zero-order valence-electron chi connectivity index (χ0n) is 14.6. The van der Waals surface area contributed by atoms with Crippen molar-refractivity contribution in [2.24, 2.45) is 0 Å². The van der Waals surface area contributed by atoms with Crippen LogP contribution in [0, 0.1) is 0 Å². The molecule has 1 saturated heterocycles. The standard InChI is InChI=1S/C20H22ClN3OS/c21-17-5-6-18-19(13-17)26-20(22-18)24-10-8-23(9-11-24)14-16-3-1-15(2-4-16)7-12-25/h1-6,13,25H,7-12,14H2. The predicted molar refractivity (Wildman–Crippen MR) is 109 cm³/mol. The lowest BCUT2D eigenvalue weighted by Gasteiger charge is -2.34. The maximum absolute atomic E-state index is 9.00. The third-order valence-corrected chi connectivity index (χ3v) is 6.13. The largest absolute Gasteiger partial charge is 0.396 e. The molecule has 1 aliphatic heterocycles. The number of nitrogens with zero attached hydrogens (tertiary/aromatic N) is 3. The van der Waals surface area contributed by atoms with E-state index in [9.17, 15) is 0 Å². The van der Waals surface area contributed by atoms with E-state index < -0.39 is 0 Å².